The first-order chi connectivity index (χ1) is 19.3. The minimum atomic E-state index is -0.641. The van der Waals surface area contributed by atoms with Gasteiger partial charge in [-0.2, -0.15) is 5.01 Å². The van der Waals surface area contributed by atoms with E-state index in [-0.39, 0.29) is 6.03 Å². The fraction of sp³-hybridized carbons (Fsp3) is 0.286. The number of hydrazine groups is 1. The Kier molecular flexibility index (Phi) is 6.21. The quantitative estimate of drug-likeness (QED) is 0.289. The lowest BCUT2D eigenvalue weighted by molar-refractivity contribution is 0.00148. The van der Waals surface area contributed by atoms with Crippen LogP contribution in [0.1, 0.15) is 58.2 Å². The molecule has 0 bridgehead atoms. The predicted molar refractivity (Wildman–Crippen MR) is 157 cm³/mol. The molecule has 1 heterocycles. The predicted octanol–water partition coefficient (Wildman–Crippen LogP) is 7.11. The molecular formula is C35H35N3O. The summed E-state index contributed by atoms with van der Waals surface area (Å²) in [5, 5.41) is 7.80. The molecule has 0 aromatic heterocycles. The van der Waals surface area contributed by atoms with Crippen molar-refractivity contribution in [1.29, 1.82) is 0 Å². The van der Waals surface area contributed by atoms with E-state index in [4.69, 9.17) is 0 Å². The molecule has 4 aromatic rings. The number of anilines is 1. The number of nitrogens with zero attached hydrogens (tertiary/aromatic N) is 2. The molecule has 2 aliphatic carbocycles. The summed E-state index contributed by atoms with van der Waals surface area (Å²) in [6.45, 7) is 1.48. The van der Waals surface area contributed by atoms with Crippen molar-refractivity contribution in [3.05, 3.63) is 136 Å². The molecule has 4 nitrogen and oxygen atoms in total. The van der Waals surface area contributed by atoms with E-state index in [9.17, 15) is 4.79 Å². The van der Waals surface area contributed by atoms with Gasteiger partial charge >= 0.3 is 6.03 Å². The van der Waals surface area contributed by atoms with Crippen molar-refractivity contribution < 1.29 is 4.79 Å². The summed E-state index contributed by atoms with van der Waals surface area (Å²) >= 11 is 0. The number of carbonyl (C=O) groups is 1. The van der Waals surface area contributed by atoms with Crippen molar-refractivity contribution in [3.8, 4) is 0 Å². The molecule has 7 rings (SSSR count). The number of benzene rings is 4. The maximum absolute atomic E-state index is 14.3. The van der Waals surface area contributed by atoms with E-state index in [0.29, 0.717) is 6.54 Å². The molecule has 1 N–H and O–H groups in total. The minimum absolute atomic E-state index is 0.0194. The van der Waals surface area contributed by atoms with Gasteiger partial charge in [0, 0.05) is 18.8 Å². The van der Waals surface area contributed by atoms with Gasteiger partial charge in [-0.25, -0.2) is 4.79 Å². The van der Waals surface area contributed by atoms with E-state index in [2.05, 4.69) is 107 Å². The summed E-state index contributed by atoms with van der Waals surface area (Å²) in [5.74, 6) is 0. The molecule has 2 amide bonds. The molecule has 0 atom stereocenters. The Balaban J connectivity index is 1.35. The van der Waals surface area contributed by atoms with E-state index < -0.39 is 5.54 Å². The molecule has 3 aliphatic rings. The van der Waals surface area contributed by atoms with Crippen molar-refractivity contribution in [2.45, 2.75) is 50.5 Å². The fourth-order valence-electron chi connectivity index (χ4n) is 7.30. The monoisotopic (exact) mass is 513 g/mol. The van der Waals surface area contributed by atoms with Crippen LogP contribution in [0.2, 0.25) is 0 Å². The topological polar surface area (TPSA) is 35.6 Å². The van der Waals surface area contributed by atoms with E-state index in [1.165, 1.54) is 35.1 Å². The van der Waals surface area contributed by atoms with Crippen LogP contribution in [0, 0.1) is 0 Å². The van der Waals surface area contributed by atoms with E-state index in [0.717, 1.165) is 61.0 Å². The number of nitrogens with one attached hydrogen (secondary N) is 1. The second-order valence-corrected chi connectivity index (χ2v) is 11.1. The summed E-state index contributed by atoms with van der Waals surface area (Å²) in [5.41, 5.74) is 9.56. The zero-order chi connectivity index (χ0) is 26.2. The second-order valence-electron chi connectivity index (χ2n) is 11.1. The Morgan fingerprint density at radius 2 is 1.10 bits per heavy atom. The van der Waals surface area contributed by atoms with E-state index >= 15 is 0 Å². The third-order valence-corrected chi connectivity index (χ3v) is 8.93. The van der Waals surface area contributed by atoms with Crippen LogP contribution in [0.3, 0.4) is 0 Å². The summed E-state index contributed by atoms with van der Waals surface area (Å²) < 4.78 is 0. The molecule has 0 saturated carbocycles. The zero-order valence-corrected chi connectivity index (χ0v) is 22.4. The lowest BCUT2D eigenvalue weighted by Gasteiger charge is -2.47. The Bertz CT molecular complexity index is 1350. The van der Waals surface area contributed by atoms with Crippen molar-refractivity contribution in [2.75, 3.05) is 18.4 Å². The van der Waals surface area contributed by atoms with Crippen LogP contribution in [0.4, 0.5) is 10.5 Å². The van der Waals surface area contributed by atoms with E-state index in [1.807, 2.05) is 5.01 Å². The first kappa shape index (κ1) is 24.2. The molecule has 4 aromatic carbocycles. The molecule has 39 heavy (non-hydrogen) atoms. The van der Waals surface area contributed by atoms with Gasteiger partial charge in [-0.05, 0) is 83.9 Å². The Labute approximate surface area is 231 Å². The highest BCUT2D eigenvalue weighted by atomic mass is 16.2. The van der Waals surface area contributed by atoms with Gasteiger partial charge in [0.2, 0.25) is 0 Å². The smallest absolute Gasteiger partial charge is 0.306 e. The van der Waals surface area contributed by atoms with Crippen LogP contribution in [-0.2, 0) is 31.2 Å². The first-order valence-electron chi connectivity index (χ1n) is 14.5. The number of fused-ring (bicyclic) bond motifs is 2. The fourth-order valence-corrected chi connectivity index (χ4v) is 7.30. The molecule has 0 spiro atoms. The lowest BCUT2D eigenvalue weighted by Crippen LogP contribution is -2.56. The molecule has 4 heteroatoms. The summed E-state index contributed by atoms with van der Waals surface area (Å²) in [7, 11) is 0. The Hall–Kier alpha value is -3.89. The standard InChI is InChI=1S/C35H35N3O/c39-34(36-33-31-21-10-13-26(31)25-27-14-11-22-32(27)33)37-23-12-24-38(37)35(28-15-4-1-5-16-28,29-17-6-2-7-18-29)30-19-8-3-9-20-30/h1-9,15-20,25H,10-14,21-24H2,(H,36,39). The van der Waals surface area contributed by atoms with Crippen molar-refractivity contribution >= 4 is 11.7 Å². The number of hydrogen-bond donors (Lipinski definition) is 1. The van der Waals surface area contributed by atoms with Crippen molar-refractivity contribution in [2.24, 2.45) is 0 Å². The number of carbonyl (C=O) groups excluding carboxylic acids is 1. The first-order valence-corrected chi connectivity index (χ1v) is 14.5. The molecule has 1 saturated heterocycles. The number of urea groups is 1. The van der Waals surface area contributed by atoms with Crippen molar-refractivity contribution in [1.82, 2.24) is 10.0 Å². The third-order valence-electron chi connectivity index (χ3n) is 8.93. The number of rotatable bonds is 5. The third kappa shape index (κ3) is 3.97. The summed E-state index contributed by atoms with van der Waals surface area (Å²) in [6, 6.07) is 34.4. The van der Waals surface area contributed by atoms with Crippen LogP contribution < -0.4 is 5.32 Å². The average Bonchev–Trinajstić information content (AvgIpc) is 3.77. The lowest BCUT2D eigenvalue weighted by atomic mass is 9.76. The maximum atomic E-state index is 14.3. The largest absolute Gasteiger partial charge is 0.336 e. The number of amides is 2. The van der Waals surface area contributed by atoms with Gasteiger partial charge in [0.1, 0.15) is 5.54 Å². The normalized spacial score (nSPS) is 16.8. The molecule has 196 valence electrons. The van der Waals surface area contributed by atoms with Crippen molar-refractivity contribution in [3.63, 3.8) is 0 Å². The van der Waals surface area contributed by atoms with Crippen LogP contribution >= 0.6 is 0 Å². The summed E-state index contributed by atoms with van der Waals surface area (Å²) in [4.78, 5) is 14.3. The maximum Gasteiger partial charge on any atom is 0.336 e. The van der Waals surface area contributed by atoms with E-state index in [1.54, 1.807) is 0 Å². The van der Waals surface area contributed by atoms with Gasteiger partial charge < -0.3 is 5.32 Å². The Morgan fingerprint density at radius 1 is 0.615 bits per heavy atom. The summed E-state index contributed by atoms with van der Waals surface area (Å²) in [6.07, 6.45) is 7.65. The minimum Gasteiger partial charge on any atom is -0.306 e. The van der Waals surface area contributed by atoms with Crippen LogP contribution in [-0.4, -0.2) is 29.1 Å². The molecule has 1 aliphatic heterocycles. The average molecular weight is 514 g/mol. The van der Waals surface area contributed by atoms with Gasteiger partial charge in [-0.1, -0.05) is 97.1 Å². The highest BCUT2D eigenvalue weighted by Gasteiger charge is 2.48. The van der Waals surface area contributed by atoms with Gasteiger partial charge in [0.05, 0.1) is 0 Å². The second kappa shape index (κ2) is 10.0. The molecular weight excluding hydrogens is 478 g/mol. The van der Waals surface area contributed by atoms with Gasteiger partial charge in [-0.3, -0.25) is 5.01 Å². The Morgan fingerprint density at radius 3 is 1.59 bits per heavy atom. The molecule has 1 fully saturated rings. The van der Waals surface area contributed by atoms with Crippen LogP contribution in [0.5, 0.6) is 0 Å². The zero-order valence-electron chi connectivity index (χ0n) is 22.4. The highest BCUT2D eigenvalue weighted by Crippen LogP contribution is 2.45. The van der Waals surface area contributed by atoms with Gasteiger partial charge in [0.15, 0.2) is 0 Å². The van der Waals surface area contributed by atoms with Crippen LogP contribution in [0.25, 0.3) is 0 Å². The molecule has 0 radical (unpaired) electrons. The van der Waals surface area contributed by atoms with Gasteiger partial charge in [-0.15, -0.1) is 0 Å². The SMILES string of the molecule is O=C(Nc1c2c(cc3c1CCC3)CCC2)N1CCCN1C(c1ccccc1)(c1ccccc1)c1ccccc1. The number of aryl methyl sites for hydroxylation is 2. The van der Waals surface area contributed by atoms with Gasteiger partial charge in [0.25, 0.3) is 0 Å². The molecule has 0 unspecified atom stereocenters. The highest BCUT2D eigenvalue weighted by molar-refractivity contribution is 5.92. The van der Waals surface area contributed by atoms with Crippen LogP contribution in [0.15, 0.2) is 97.1 Å². The number of hydrogen-bond acceptors (Lipinski definition) is 2.